The van der Waals surface area contributed by atoms with Crippen LogP contribution in [0.15, 0.2) is 59.5 Å². The molecule has 6 rings (SSSR count). The first-order valence-corrected chi connectivity index (χ1v) is 14.2. The van der Waals surface area contributed by atoms with Crippen molar-refractivity contribution < 1.29 is 21.8 Å². The first-order valence-electron chi connectivity index (χ1n) is 12.8. The summed E-state index contributed by atoms with van der Waals surface area (Å²) in [5, 5.41) is 3.82. The predicted molar refractivity (Wildman–Crippen MR) is 143 cm³/mol. The number of benzene rings is 3. The molecule has 4 aromatic rings. The summed E-state index contributed by atoms with van der Waals surface area (Å²) in [6, 6.07) is 15.2. The summed E-state index contributed by atoms with van der Waals surface area (Å²) in [4.78, 5) is 18.4. The number of aromatic nitrogens is 1. The van der Waals surface area contributed by atoms with Crippen LogP contribution in [-0.4, -0.2) is 37.3 Å². The van der Waals surface area contributed by atoms with E-state index in [0.717, 1.165) is 42.3 Å². The summed E-state index contributed by atoms with van der Waals surface area (Å²) >= 11 is 0. The van der Waals surface area contributed by atoms with Crippen LogP contribution in [0.5, 0.6) is 5.75 Å². The van der Waals surface area contributed by atoms with Gasteiger partial charge >= 0.3 is 10.1 Å². The quantitative estimate of drug-likeness (QED) is 0.329. The molecule has 2 aliphatic heterocycles. The summed E-state index contributed by atoms with van der Waals surface area (Å²) in [7, 11) is -4.30. The predicted octanol–water partition coefficient (Wildman–Crippen LogP) is 5.28. The lowest BCUT2D eigenvalue weighted by atomic mass is 9.99. The van der Waals surface area contributed by atoms with Crippen molar-refractivity contribution in [2.45, 2.75) is 44.2 Å². The van der Waals surface area contributed by atoms with Crippen molar-refractivity contribution in [2.75, 3.05) is 13.1 Å². The van der Waals surface area contributed by atoms with E-state index in [1.165, 1.54) is 37.0 Å². The molecule has 2 aliphatic rings. The van der Waals surface area contributed by atoms with Gasteiger partial charge in [-0.2, -0.15) is 8.42 Å². The monoisotopic (exact) mass is 533 g/mol. The molecular weight excluding hydrogens is 505 g/mol. The van der Waals surface area contributed by atoms with Crippen LogP contribution in [0.3, 0.4) is 0 Å². The van der Waals surface area contributed by atoms with E-state index in [1.807, 2.05) is 6.07 Å². The lowest BCUT2D eigenvalue weighted by molar-refractivity contribution is 0.0966. The van der Waals surface area contributed by atoms with Crippen LogP contribution in [0, 0.1) is 12.7 Å². The fraction of sp³-hybridized carbons (Fsp3) is 0.276. The van der Waals surface area contributed by atoms with Gasteiger partial charge in [-0.05, 0) is 86.4 Å². The number of amides is 1. The van der Waals surface area contributed by atoms with Crippen LogP contribution < -0.4 is 9.50 Å². The van der Waals surface area contributed by atoms with Crippen molar-refractivity contribution in [3.63, 3.8) is 0 Å². The highest BCUT2D eigenvalue weighted by atomic mass is 32.2. The van der Waals surface area contributed by atoms with Gasteiger partial charge < -0.3 is 14.5 Å². The van der Waals surface area contributed by atoms with Crippen molar-refractivity contribution in [2.24, 2.45) is 0 Å². The normalized spacial score (nSPS) is 16.0. The van der Waals surface area contributed by atoms with Gasteiger partial charge in [-0.25, -0.2) is 4.39 Å². The molecule has 1 fully saturated rings. The molecule has 0 radical (unpaired) electrons. The highest BCUT2D eigenvalue weighted by molar-refractivity contribution is 7.87. The number of piperidine rings is 1. The summed E-state index contributed by atoms with van der Waals surface area (Å²) in [6.45, 7) is 4.85. The van der Waals surface area contributed by atoms with Gasteiger partial charge in [0, 0.05) is 40.8 Å². The second-order valence-electron chi connectivity index (χ2n) is 10.0. The average molecular weight is 534 g/mol. The molecule has 0 bridgehead atoms. The van der Waals surface area contributed by atoms with Gasteiger partial charge in [-0.3, -0.25) is 9.69 Å². The number of hydrogen-bond donors (Lipinski definition) is 2. The fourth-order valence-corrected chi connectivity index (χ4v) is 6.29. The largest absolute Gasteiger partial charge is 0.379 e. The zero-order chi connectivity index (χ0) is 26.4. The Morgan fingerprint density at radius 3 is 2.61 bits per heavy atom. The minimum Gasteiger partial charge on any atom is -0.379 e. The first kappa shape index (κ1) is 24.6. The molecule has 0 saturated carbocycles. The van der Waals surface area contributed by atoms with Crippen LogP contribution in [0.2, 0.25) is 0 Å². The van der Waals surface area contributed by atoms with Crippen LogP contribution in [0.1, 0.15) is 46.3 Å². The fourth-order valence-electron chi connectivity index (χ4n) is 5.32. The average Bonchev–Trinajstić information content (AvgIpc) is 3.50. The minimum atomic E-state index is -4.30. The van der Waals surface area contributed by atoms with Gasteiger partial charge in [0.05, 0.1) is 5.56 Å². The molecule has 0 unspecified atom stereocenters. The van der Waals surface area contributed by atoms with Gasteiger partial charge in [0.15, 0.2) is 0 Å². The van der Waals surface area contributed by atoms with E-state index in [0.29, 0.717) is 22.3 Å². The summed E-state index contributed by atoms with van der Waals surface area (Å²) < 4.78 is 45.2. The number of carbonyl (C=O) groups is 1. The number of carbonyl (C=O) groups excluding carboxylic acids is 1. The number of likely N-dealkylation sites (tertiary alicyclic amines) is 1. The van der Waals surface area contributed by atoms with E-state index in [1.54, 1.807) is 19.1 Å². The number of aryl methyl sites for hydroxylation is 1. The maximum Gasteiger partial charge on any atom is 0.339 e. The molecular formula is C29H28FN3O4S. The van der Waals surface area contributed by atoms with Crippen LogP contribution in [0.4, 0.5) is 4.39 Å². The SMILES string of the molecule is Cc1ccc(S(=O)(=O)Oc2ccc(-c3cc4cc(CN5CCCCC5)ccc4[nH]3)c3c2CNC3=O)cc1F. The van der Waals surface area contributed by atoms with Crippen LogP contribution >= 0.6 is 0 Å². The van der Waals surface area contributed by atoms with Crippen molar-refractivity contribution in [1.82, 2.24) is 15.2 Å². The van der Waals surface area contributed by atoms with Gasteiger partial charge in [0.2, 0.25) is 0 Å². The number of H-pyrrole nitrogens is 1. The van der Waals surface area contributed by atoms with E-state index in [2.05, 4.69) is 33.4 Å². The maximum absolute atomic E-state index is 14.0. The summed E-state index contributed by atoms with van der Waals surface area (Å²) in [5.41, 5.74) is 4.78. The van der Waals surface area contributed by atoms with Crippen molar-refractivity contribution >= 4 is 26.9 Å². The number of aromatic amines is 1. The number of hydrogen-bond acceptors (Lipinski definition) is 5. The number of rotatable bonds is 6. The molecule has 3 heterocycles. The Kier molecular flexibility index (Phi) is 6.20. The molecule has 3 aromatic carbocycles. The topological polar surface area (TPSA) is 91.5 Å². The van der Waals surface area contributed by atoms with Crippen molar-refractivity contribution in [1.29, 1.82) is 0 Å². The molecule has 9 heteroatoms. The zero-order valence-corrected chi connectivity index (χ0v) is 21.8. The Hall–Kier alpha value is -3.69. The second kappa shape index (κ2) is 9.56. The lowest BCUT2D eigenvalue weighted by Crippen LogP contribution is -2.28. The van der Waals surface area contributed by atoms with Crippen LogP contribution in [0.25, 0.3) is 22.2 Å². The first-order chi connectivity index (χ1) is 18.3. The van der Waals surface area contributed by atoms with Gasteiger partial charge in [-0.1, -0.05) is 18.6 Å². The van der Waals surface area contributed by atoms with Crippen molar-refractivity contribution in [3.05, 3.63) is 82.7 Å². The molecule has 0 aliphatic carbocycles. The minimum absolute atomic E-state index is 0.0445. The third-order valence-corrected chi connectivity index (χ3v) is 8.61. The summed E-state index contributed by atoms with van der Waals surface area (Å²) in [6.07, 6.45) is 3.79. The molecule has 7 nitrogen and oxygen atoms in total. The molecule has 0 atom stereocenters. The third-order valence-electron chi connectivity index (χ3n) is 7.38. The Morgan fingerprint density at radius 1 is 1.00 bits per heavy atom. The van der Waals surface area contributed by atoms with E-state index in [-0.39, 0.29) is 23.1 Å². The molecule has 1 amide bonds. The third kappa shape index (κ3) is 4.56. The van der Waals surface area contributed by atoms with E-state index in [4.69, 9.17) is 4.18 Å². The van der Waals surface area contributed by atoms with Crippen molar-refractivity contribution in [3.8, 4) is 17.0 Å². The Bertz CT molecular complexity index is 1670. The molecule has 0 spiro atoms. The Labute approximate surface area is 220 Å². The lowest BCUT2D eigenvalue weighted by Gasteiger charge is -2.26. The molecule has 196 valence electrons. The number of nitrogens with one attached hydrogen (secondary N) is 2. The highest BCUT2D eigenvalue weighted by Gasteiger charge is 2.30. The molecule has 1 aromatic heterocycles. The number of nitrogens with zero attached hydrogens (tertiary/aromatic N) is 1. The van der Waals surface area contributed by atoms with Gasteiger partial charge in [0.1, 0.15) is 16.5 Å². The standard InChI is InChI=1S/C29H28FN3O4S/c1-18-5-7-21(15-24(18)30)38(35,36)37-27-10-8-22(28-23(27)16-31-29(28)34)26-14-20-13-19(6-9-25(20)32-26)17-33-11-3-2-4-12-33/h5-10,13-15,32H,2-4,11-12,16-17H2,1H3,(H,31,34). The number of halogens is 1. The Balaban J connectivity index is 1.33. The molecule has 1 saturated heterocycles. The van der Waals surface area contributed by atoms with Gasteiger partial charge in [0.25, 0.3) is 5.91 Å². The smallest absolute Gasteiger partial charge is 0.339 e. The van der Waals surface area contributed by atoms with E-state index in [9.17, 15) is 17.6 Å². The summed E-state index contributed by atoms with van der Waals surface area (Å²) in [5.74, 6) is -0.892. The Morgan fingerprint density at radius 2 is 1.82 bits per heavy atom. The van der Waals surface area contributed by atoms with Crippen LogP contribution in [-0.2, 0) is 23.2 Å². The van der Waals surface area contributed by atoms with E-state index < -0.39 is 15.9 Å². The number of fused-ring (bicyclic) bond motifs is 2. The zero-order valence-electron chi connectivity index (χ0n) is 21.0. The molecule has 2 N–H and O–H groups in total. The highest BCUT2D eigenvalue weighted by Crippen LogP contribution is 2.37. The molecule has 38 heavy (non-hydrogen) atoms. The van der Waals surface area contributed by atoms with Gasteiger partial charge in [-0.15, -0.1) is 0 Å². The second-order valence-corrected chi connectivity index (χ2v) is 11.6. The maximum atomic E-state index is 14.0. The van der Waals surface area contributed by atoms with E-state index >= 15 is 0 Å².